The highest BCUT2D eigenvalue weighted by Crippen LogP contribution is 2.40. The van der Waals surface area contributed by atoms with E-state index in [0.29, 0.717) is 76.9 Å². The van der Waals surface area contributed by atoms with Gasteiger partial charge in [-0.05, 0) is 213 Å². The Balaban J connectivity index is 0.000000145. The van der Waals surface area contributed by atoms with Gasteiger partial charge < -0.3 is 73.7 Å². The van der Waals surface area contributed by atoms with Crippen LogP contribution in [0.5, 0.6) is 51.7 Å². The number of halogens is 22. The average Bonchev–Trinajstić information content (AvgIpc) is 0.775. The van der Waals surface area contributed by atoms with E-state index < -0.39 is 44.5 Å². The number of fused-ring (bicyclic) bond motifs is 9. The first-order valence-corrected chi connectivity index (χ1v) is 39.3. The van der Waals surface area contributed by atoms with Gasteiger partial charge in [0.05, 0.1) is 33.0 Å². The van der Waals surface area contributed by atoms with Gasteiger partial charge in [-0.3, -0.25) is 19.7 Å². The monoisotopic (exact) mass is 1900 g/mol. The zero-order valence-electron chi connectivity index (χ0n) is 68.2. The van der Waals surface area contributed by atoms with E-state index in [1.165, 1.54) is 128 Å². The maximum atomic E-state index is 12.5. The zero-order valence-corrected chi connectivity index (χ0v) is 68.9. The molecule has 23 nitrogen and oxygen atoms in total. The summed E-state index contributed by atoms with van der Waals surface area (Å²) in [5, 5.41) is 19.0. The molecule has 0 radical (unpaired) electrons. The second kappa shape index (κ2) is 41.8. The number of aromatic nitrogens is 7. The Hall–Kier alpha value is -14.4. The van der Waals surface area contributed by atoms with Crippen molar-refractivity contribution in [3.8, 4) is 51.7 Å². The van der Waals surface area contributed by atoms with Gasteiger partial charge in [-0.25, -0.2) is 15.0 Å². The van der Waals surface area contributed by atoms with E-state index in [1.54, 1.807) is 48.7 Å². The first kappa shape index (κ1) is 97.6. The minimum absolute atomic E-state index is 0.0853. The van der Waals surface area contributed by atoms with E-state index in [-0.39, 0.29) is 62.6 Å². The fourth-order valence-corrected chi connectivity index (χ4v) is 13.3. The molecule has 18 rings (SSSR count). The smallest absolute Gasteiger partial charge is 0.573 e. The van der Waals surface area contributed by atoms with Crippen LogP contribution in [0.25, 0.3) is 76.3 Å². The number of aryl methyl sites for hydroxylation is 1. The largest absolute Gasteiger partial charge is 0.618 e. The van der Waals surface area contributed by atoms with Gasteiger partial charge in [0, 0.05) is 133 Å². The fourth-order valence-electron chi connectivity index (χ4n) is 13.1. The van der Waals surface area contributed by atoms with Crippen molar-refractivity contribution in [1.29, 1.82) is 0 Å². The lowest BCUT2D eigenvalue weighted by atomic mass is 10.1. The molecule has 0 bridgehead atoms. The van der Waals surface area contributed by atoms with E-state index in [0.717, 1.165) is 129 Å². The van der Waals surface area contributed by atoms with E-state index >= 15 is 0 Å². The van der Waals surface area contributed by atoms with Gasteiger partial charge >= 0.3 is 44.5 Å². The van der Waals surface area contributed by atoms with Crippen LogP contribution in [-0.4, -0.2) is 151 Å². The van der Waals surface area contributed by atoms with Crippen molar-refractivity contribution < 1.29 is 140 Å². The Kier molecular flexibility index (Phi) is 30.7. The van der Waals surface area contributed by atoms with Crippen molar-refractivity contribution in [3.63, 3.8) is 0 Å². The molecule has 3 aliphatic rings. The molecule has 7 aromatic heterocycles. The molecule has 8 aromatic carbocycles. The van der Waals surface area contributed by atoms with Crippen molar-refractivity contribution in [2.75, 3.05) is 81.0 Å². The Bertz CT molecular complexity index is 6570. The Morgan fingerprint density at radius 1 is 0.436 bits per heavy atom. The number of anilines is 3. The van der Waals surface area contributed by atoms with Crippen LogP contribution in [0.4, 0.5) is 110 Å². The molecule has 2 fully saturated rings. The highest BCUT2D eigenvalue weighted by Gasteiger charge is 2.37. The maximum absolute atomic E-state index is 12.5. The van der Waals surface area contributed by atoms with E-state index in [1.807, 2.05) is 43.3 Å². The van der Waals surface area contributed by atoms with Crippen LogP contribution in [-0.2, 0) is 0 Å². The number of benzene rings is 8. The molecule has 2 saturated heterocycles. The summed E-state index contributed by atoms with van der Waals surface area (Å²) in [6.45, 7) is 9.98. The topological polar surface area (TPSA) is 255 Å². The molecule has 133 heavy (non-hydrogen) atoms. The van der Waals surface area contributed by atoms with Crippen LogP contribution in [0.2, 0.25) is 5.15 Å². The van der Waals surface area contributed by atoms with Gasteiger partial charge in [-0.2, -0.15) is 4.73 Å². The third-order valence-electron chi connectivity index (χ3n) is 18.7. The van der Waals surface area contributed by atoms with E-state index in [2.05, 4.69) is 83.1 Å². The summed E-state index contributed by atoms with van der Waals surface area (Å²) in [5.74, 6) is 1.24. The Morgan fingerprint density at radius 2 is 0.857 bits per heavy atom. The lowest BCUT2D eigenvalue weighted by molar-refractivity contribution is -0.577. The molecule has 0 amide bonds. The van der Waals surface area contributed by atoms with Crippen LogP contribution in [0.15, 0.2) is 248 Å². The lowest BCUT2D eigenvalue weighted by Gasteiger charge is -2.38. The number of piperazine rings is 2. The molecule has 0 saturated carbocycles. The van der Waals surface area contributed by atoms with Crippen LogP contribution < -0.4 is 73.8 Å². The normalized spacial score (nSPS) is 14.2. The summed E-state index contributed by atoms with van der Waals surface area (Å²) in [6, 6.07) is 55.6. The minimum Gasteiger partial charge on any atom is -0.618 e. The van der Waals surface area contributed by atoms with Crippen molar-refractivity contribution >= 4 is 105 Å². The van der Waals surface area contributed by atoms with Crippen LogP contribution in [0.1, 0.15) is 5.69 Å². The second-order valence-electron chi connectivity index (χ2n) is 28.4. The summed E-state index contributed by atoms with van der Waals surface area (Å²) >= 11 is 5.64. The van der Waals surface area contributed by atoms with Gasteiger partial charge in [-0.1, -0.05) is 17.7 Å². The number of nitrogens with one attached hydrogen (secondary N) is 2. The highest BCUT2D eigenvalue weighted by atomic mass is 35.5. The molecule has 45 heteroatoms. The number of alkyl halides is 21. The van der Waals surface area contributed by atoms with Gasteiger partial charge in [0.15, 0.2) is 17.7 Å². The van der Waals surface area contributed by atoms with Gasteiger partial charge in [0.1, 0.15) is 69.7 Å². The first-order chi connectivity index (χ1) is 62.7. The number of hydrogen-bond donors (Lipinski definition) is 3. The number of pyridine rings is 7. The first-order valence-electron chi connectivity index (χ1n) is 38.9. The number of nitrogens with zero attached hydrogens (tertiary/aromatic N) is 9. The highest BCUT2D eigenvalue weighted by molar-refractivity contribution is 6.29. The van der Waals surface area contributed by atoms with Crippen molar-refractivity contribution in [3.05, 3.63) is 269 Å². The number of ether oxygens (including phenoxy) is 9. The lowest BCUT2D eigenvalue weighted by Crippen LogP contribution is -2.50. The third-order valence-corrected chi connectivity index (χ3v) is 18.9. The Morgan fingerprint density at radius 3 is 1.38 bits per heavy atom. The summed E-state index contributed by atoms with van der Waals surface area (Å²) in [7, 11) is 0. The number of nitrogens with two attached hydrogens (primary N) is 1. The molecule has 4 N–H and O–H groups in total. The number of H-pyrrole nitrogens is 1. The summed E-state index contributed by atoms with van der Waals surface area (Å²) in [5.41, 5.74) is 10.4. The molecule has 0 aliphatic carbocycles. The second-order valence-corrected chi connectivity index (χ2v) is 28.8. The molecule has 0 unspecified atom stereocenters. The van der Waals surface area contributed by atoms with Crippen molar-refractivity contribution in [2.24, 2.45) is 0 Å². The number of rotatable bonds is 11. The van der Waals surface area contributed by atoms with Crippen molar-refractivity contribution in [1.82, 2.24) is 40.1 Å². The van der Waals surface area contributed by atoms with Crippen molar-refractivity contribution in [2.45, 2.75) is 57.6 Å². The molecule has 1 atom stereocenters. The van der Waals surface area contributed by atoms with Gasteiger partial charge in [0.2, 0.25) is 11.1 Å². The summed E-state index contributed by atoms with van der Waals surface area (Å²) in [4.78, 5) is 41.8. The molecule has 15 aromatic rings. The van der Waals surface area contributed by atoms with E-state index in [4.69, 9.17) is 26.8 Å². The molecule has 3 aliphatic heterocycles. The summed E-state index contributed by atoms with van der Waals surface area (Å²) in [6.07, 6.45) is -30.1. The van der Waals surface area contributed by atoms with Crippen LogP contribution >= 0.6 is 11.6 Å². The standard InChI is InChI=1S/C27H25F3N4O3.C14H14F3N3O.C10H5ClF3NO.2C10H6F3NO2.C10H6F3NO.C7H6F3NO/c1-17-2-5-21-23(31-17)7-8-24-26(21)36-20(16-35-24)15-33-10-12-34(13-11-33)25-9-3-18-14-19(37-27(28,29)30)4-6-22(18)32-25;15-14(16,17)21-11-2-3-12-10(9-11)1-4-13(19-12)20-7-5-18-6-8-20;11-9-4-1-6-5-7(16-10(12,13)14)2-3-8(6)15-9;11-10(12,13)16-7-2-3-8-6(5-7)1-4-9(15)14-8;11-10(12,13)16-8-3-4-9-7(6-8)2-1-5-14(9)15;11-10(12,13)15-8-3-4-9-7(6-8)2-1-5-14-9;8-7(9,10)12-6-3-1-5(11)2-4-6/h2-9,14,20H,10-13,15-16H2,1H3;1-4,9,18H,5-8H2;1-5H;1-5H,(H,14,15);1-6H;1-6H;1-4H,11H2/t20-;;;;;;/m0....../s1. The number of nitrogen functional groups attached to an aromatic ring is 1. The number of hydrogen-bond acceptors (Lipinski definition) is 21. The quantitative estimate of drug-likeness (QED) is 0.0357. The summed E-state index contributed by atoms with van der Waals surface area (Å²) < 4.78 is 292. The molecule has 0 spiro atoms. The number of aromatic amines is 1. The maximum Gasteiger partial charge on any atom is 0.573 e. The van der Waals surface area contributed by atoms with Crippen LogP contribution in [0, 0.1) is 12.1 Å². The SMILES string of the molecule is Cc1ccc2c3c(ccc2n1)OC[C@H](CN1CCN(c2ccc4cc(OC(F)(F)F)ccc4n2)CC1)O3.FC(F)(F)Oc1ccc2nc(Cl)ccc2c1.FC(F)(F)Oc1ccc2nc(N3CCNCC3)ccc2c1.FC(F)(F)Oc1ccc2ncccc2c1.Nc1ccc(OC(F)(F)F)cc1.O=c1ccc2cc(OC(F)(F)F)ccc2[nH]1.[O-][n+]1cccc2cc(OC(F)(F)F)ccc21. The zero-order chi connectivity index (χ0) is 95.8. The van der Waals surface area contributed by atoms with E-state index in [9.17, 15) is 102 Å². The van der Waals surface area contributed by atoms with Crippen LogP contribution in [0.3, 0.4) is 0 Å². The predicted molar refractivity (Wildman–Crippen MR) is 447 cm³/mol. The Labute approximate surface area is 741 Å². The molecular weight excluding hydrogens is 1840 g/mol. The fraction of sp³-hybridized carbons (Fsp3) is 0.216. The van der Waals surface area contributed by atoms with Gasteiger partial charge in [-0.15, -0.1) is 92.2 Å². The molecule has 700 valence electrons. The van der Waals surface area contributed by atoms with Gasteiger partial charge in [0.25, 0.3) is 0 Å². The predicted octanol–water partition coefficient (Wildman–Crippen LogP) is 21.4. The average molecular weight is 1900 g/mol. The minimum atomic E-state index is -4.73. The third kappa shape index (κ3) is 30.6. The molecular formula is C88H68ClF21N12O11. The molecule has 10 heterocycles.